The van der Waals surface area contributed by atoms with E-state index in [-0.39, 0.29) is 5.84 Å². The van der Waals surface area contributed by atoms with E-state index in [4.69, 9.17) is 22.5 Å². The maximum atomic E-state index is 8.68. The van der Waals surface area contributed by atoms with Crippen LogP contribution in [0.15, 0.2) is 29.4 Å². The van der Waals surface area contributed by atoms with Gasteiger partial charge in [0, 0.05) is 5.56 Å². The molecular weight excluding hydrogens is 264 g/mol. The number of benzene rings is 1. The maximum Gasteiger partial charge on any atom is 0.170 e. The third-order valence-electron chi connectivity index (χ3n) is 2.96. The Kier molecular flexibility index (Phi) is 3.76. The molecule has 0 aliphatic rings. The highest BCUT2D eigenvalue weighted by Gasteiger charge is 2.09. The SMILES string of the molecule is Cc1nn(Cc2cccc(C(N)=NO)c2)c(C)c1Cl. The Morgan fingerprint density at radius 2 is 2.21 bits per heavy atom. The quantitative estimate of drug-likeness (QED) is 0.391. The van der Waals surface area contributed by atoms with Crippen molar-refractivity contribution < 1.29 is 5.21 Å². The minimum atomic E-state index is 0.0910. The van der Waals surface area contributed by atoms with Gasteiger partial charge in [0.05, 0.1) is 23.0 Å². The average Bonchev–Trinajstić information content (AvgIpc) is 2.66. The summed E-state index contributed by atoms with van der Waals surface area (Å²) >= 11 is 6.11. The molecule has 0 spiro atoms. The molecule has 1 aromatic carbocycles. The normalized spacial score (nSPS) is 11.8. The topological polar surface area (TPSA) is 76.4 Å². The first-order chi connectivity index (χ1) is 9.02. The first kappa shape index (κ1) is 13.4. The number of nitrogens with two attached hydrogens (primary N) is 1. The van der Waals surface area contributed by atoms with Gasteiger partial charge in [-0.25, -0.2) is 0 Å². The van der Waals surface area contributed by atoms with Crippen LogP contribution in [0.1, 0.15) is 22.5 Å². The predicted octanol–water partition coefficient (Wildman–Crippen LogP) is 2.30. The number of hydrogen-bond donors (Lipinski definition) is 2. The summed E-state index contributed by atoms with van der Waals surface area (Å²) in [6.45, 7) is 4.39. The molecule has 0 saturated heterocycles. The van der Waals surface area contributed by atoms with Crippen LogP contribution in [0.2, 0.25) is 5.02 Å². The van der Waals surface area contributed by atoms with E-state index in [0.717, 1.165) is 17.0 Å². The van der Waals surface area contributed by atoms with Crippen molar-refractivity contribution in [2.75, 3.05) is 0 Å². The third kappa shape index (κ3) is 2.71. The molecule has 3 N–H and O–H groups in total. The van der Waals surface area contributed by atoms with E-state index in [2.05, 4.69) is 10.3 Å². The van der Waals surface area contributed by atoms with Crippen molar-refractivity contribution in [3.63, 3.8) is 0 Å². The van der Waals surface area contributed by atoms with Crippen LogP contribution in [0.3, 0.4) is 0 Å². The number of halogens is 1. The Labute approximate surface area is 116 Å². The summed E-state index contributed by atoms with van der Waals surface area (Å²) in [4.78, 5) is 0. The lowest BCUT2D eigenvalue weighted by molar-refractivity contribution is 0.318. The molecule has 0 saturated carbocycles. The summed E-state index contributed by atoms with van der Waals surface area (Å²) < 4.78 is 1.84. The molecule has 1 aromatic heterocycles. The second kappa shape index (κ2) is 5.32. The summed E-state index contributed by atoms with van der Waals surface area (Å²) in [5.41, 5.74) is 8.99. The van der Waals surface area contributed by atoms with Crippen molar-refractivity contribution >= 4 is 17.4 Å². The van der Waals surface area contributed by atoms with Gasteiger partial charge < -0.3 is 10.9 Å². The zero-order valence-electron chi connectivity index (χ0n) is 10.8. The molecule has 1 heterocycles. The first-order valence-electron chi connectivity index (χ1n) is 5.79. The summed E-state index contributed by atoms with van der Waals surface area (Å²) in [6.07, 6.45) is 0. The highest BCUT2D eigenvalue weighted by atomic mass is 35.5. The molecule has 0 fully saturated rings. The van der Waals surface area contributed by atoms with Gasteiger partial charge in [0.15, 0.2) is 5.84 Å². The standard InChI is InChI=1S/C13H15ClN4O/c1-8-12(14)9(2)18(16-8)7-10-4-3-5-11(6-10)13(15)17-19/h3-6,19H,7H2,1-2H3,(H2,15,17). The molecule has 19 heavy (non-hydrogen) atoms. The molecule has 0 bridgehead atoms. The van der Waals surface area contributed by atoms with Crippen molar-refractivity contribution in [2.45, 2.75) is 20.4 Å². The van der Waals surface area contributed by atoms with E-state index in [1.807, 2.05) is 36.7 Å². The van der Waals surface area contributed by atoms with Crippen molar-refractivity contribution in [1.29, 1.82) is 0 Å². The minimum Gasteiger partial charge on any atom is -0.409 e. The Balaban J connectivity index is 2.31. The van der Waals surface area contributed by atoms with Gasteiger partial charge in [0.1, 0.15) is 0 Å². The van der Waals surface area contributed by atoms with Crippen molar-refractivity contribution in [2.24, 2.45) is 10.9 Å². The second-order valence-corrected chi connectivity index (χ2v) is 4.71. The predicted molar refractivity (Wildman–Crippen MR) is 74.8 cm³/mol. The third-order valence-corrected chi connectivity index (χ3v) is 3.50. The van der Waals surface area contributed by atoms with E-state index in [1.54, 1.807) is 6.07 Å². The molecule has 2 rings (SSSR count). The average molecular weight is 279 g/mol. The molecule has 6 heteroatoms. The number of aryl methyl sites for hydroxylation is 1. The lowest BCUT2D eigenvalue weighted by Gasteiger charge is -2.06. The van der Waals surface area contributed by atoms with E-state index in [1.165, 1.54) is 0 Å². The molecule has 0 radical (unpaired) electrons. The number of nitrogens with zero attached hydrogens (tertiary/aromatic N) is 3. The highest BCUT2D eigenvalue weighted by Crippen LogP contribution is 2.20. The molecule has 0 aliphatic carbocycles. The van der Waals surface area contributed by atoms with Gasteiger partial charge in [0.2, 0.25) is 0 Å². The molecule has 0 unspecified atom stereocenters. The van der Waals surface area contributed by atoms with Gasteiger partial charge >= 0.3 is 0 Å². The zero-order chi connectivity index (χ0) is 14.0. The summed E-state index contributed by atoms with van der Waals surface area (Å²) in [5, 5.41) is 16.7. The van der Waals surface area contributed by atoms with Crippen LogP contribution in [-0.4, -0.2) is 20.8 Å². The molecule has 0 aliphatic heterocycles. The van der Waals surface area contributed by atoms with Crippen LogP contribution < -0.4 is 5.73 Å². The summed E-state index contributed by atoms with van der Waals surface area (Å²) in [7, 11) is 0. The number of aromatic nitrogens is 2. The molecular formula is C13H15ClN4O. The maximum absolute atomic E-state index is 8.68. The Hall–Kier alpha value is -2.01. The van der Waals surface area contributed by atoms with Crippen LogP contribution in [0, 0.1) is 13.8 Å². The number of rotatable bonds is 3. The van der Waals surface area contributed by atoms with Crippen LogP contribution in [0.25, 0.3) is 0 Å². The van der Waals surface area contributed by atoms with E-state index in [0.29, 0.717) is 17.1 Å². The molecule has 0 atom stereocenters. The van der Waals surface area contributed by atoms with Crippen LogP contribution >= 0.6 is 11.6 Å². The fraction of sp³-hybridized carbons (Fsp3) is 0.231. The van der Waals surface area contributed by atoms with Crippen molar-refractivity contribution in [3.05, 3.63) is 51.8 Å². The van der Waals surface area contributed by atoms with Crippen LogP contribution in [-0.2, 0) is 6.54 Å². The van der Waals surface area contributed by atoms with Gasteiger partial charge in [-0.2, -0.15) is 5.10 Å². The van der Waals surface area contributed by atoms with Crippen molar-refractivity contribution in [1.82, 2.24) is 9.78 Å². The van der Waals surface area contributed by atoms with Crippen LogP contribution in [0.4, 0.5) is 0 Å². The molecule has 2 aromatic rings. The monoisotopic (exact) mass is 278 g/mol. The van der Waals surface area contributed by atoms with Gasteiger partial charge in [-0.15, -0.1) is 0 Å². The molecule has 100 valence electrons. The fourth-order valence-corrected chi connectivity index (χ4v) is 2.02. The van der Waals surface area contributed by atoms with E-state index in [9.17, 15) is 0 Å². The van der Waals surface area contributed by atoms with Crippen molar-refractivity contribution in [3.8, 4) is 0 Å². The second-order valence-electron chi connectivity index (χ2n) is 4.33. The van der Waals surface area contributed by atoms with E-state index >= 15 is 0 Å². The van der Waals surface area contributed by atoms with Crippen LogP contribution in [0.5, 0.6) is 0 Å². The largest absolute Gasteiger partial charge is 0.409 e. The Bertz CT molecular complexity index is 634. The molecule has 5 nitrogen and oxygen atoms in total. The minimum absolute atomic E-state index is 0.0910. The smallest absolute Gasteiger partial charge is 0.170 e. The Morgan fingerprint density at radius 3 is 2.79 bits per heavy atom. The fourth-order valence-electron chi connectivity index (χ4n) is 1.89. The summed E-state index contributed by atoms with van der Waals surface area (Å²) in [5.74, 6) is 0.0910. The lowest BCUT2D eigenvalue weighted by atomic mass is 10.1. The number of hydrogen-bond acceptors (Lipinski definition) is 3. The first-order valence-corrected chi connectivity index (χ1v) is 6.17. The van der Waals surface area contributed by atoms with E-state index < -0.39 is 0 Å². The summed E-state index contributed by atoms with van der Waals surface area (Å²) in [6, 6.07) is 7.46. The lowest BCUT2D eigenvalue weighted by Crippen LogP contribution is -2.13. The van der Waals surface area contributed by atoms with Gasteiger partial charge in [0.25, 0.3) is 0 Å². The highest BCUT2D eigenvalue weighted by molar-refractivity contribution is 6.31. The number of oxime groups is 1. The van der Waals surface area contributed by atoms with Gasteiger partial charge in [-0.3, -0.25) is 4.68 Å². The Morgan fingerprint density at radius 1 is 1.47 bits per heavy atom. The van der Waals surface area contributed by atoms with Gasteiger partial charge in [-0.05, 0) is 25.5 Å². The zero-order valence-corrected chi connectivity index (χ0v) is 11.5. The molecule has 0 amide bonds. The van der Waals surface area contributed by atoms with Gasteiger partial charge in [-0.1, -0.05) is 35.0 Å². The number of amidine groups is 1.